The second-order valence-electron chi connectivity index (χ2n) is 4.82. The summed E-state index contributed by atoms with van der Waals surface area (Å²) in [6, 6.07) is 7.40. The number of benzene rings is 1. The van der Waals surface area contributed by atoms with Gasteiger partial charge in [-0.3, -0.25) is 0 Å². The van der Waals surface area contributed by atoms with Crippen LogP contribution in [0.2, 0.25) is 0 Å². The summed E-state index contributed by atoms with van der Waals surface area (Å²) < 4.78 is 1.20. The zero-order valence-corrected chi connectivity index (χ0v) is 12.3. The fourth-order valence-electron chi connectivity index (χ4n) is 2.59. The zero-order chi connectivity index (χ0) is 12.3. The summed E-state index contributed by atoms with van der Waals surface area (Å²) in [7, 11) is 2.03. The molecule has 0 aliphatic carbocycles. The van der Waals surface area contributed by atoms with Gasteiger partial charge in [-0.25, -0.2) is 0 Å². The van der Waals surface area contributed by atoms with Gasteiger partial charge in [0.2, 0.25) is 0 Å². The summed E-state index contributed by atoms with van der Waals surface area (Å²) in [5.41, 5.74) is 2.70. The topological polar surface area (TPSA) is 15.3 Å². The Hall–Kier alpha value is -0.540. The Labute approximate surface area is 113 Å². The van der Waals surface area contributed by atoms with Crippen LogP contribution in [0.4, 0.5) is 5.69 Å². The molecule has 0 radical (unpaired) electrons. The van der Waals surface area contributed by atoms with Crippen LogP contribution in [0.3, 0.4) is 0 Å². The summed E-state index contributed by atoms with van der Waals surface area (Å²) in [6.07, 6.45) is 3.89. The molecule has 0 spiro atoms. The van der Waals surface area contributed by atoms with Crippen LogP contribution >= 0.6 is 15.9 Å². The highest BCUT2D eigenvalue weighted by Crippen LogP contribution is 2.29. The maximum Gasteiger partial charge on any atom is 0.0372 e. The number of hydrogen-bond acceptors (Lipinski definition) is 2. The van der Waals surface area contributed by atoms with Gasteiger partial charge in [0, 0.05) is 22.7 Å². The molecule has 1 N–H and O–H groups in total. The molecule has 0 amide bonds. The molecule has 1 aliphatic rings. The van der Waals surface area contributed by atoms with Crippen LogP contribution in [0.15, 0.2) is 22.7 Å². The van der Waals surface area contributed by atoms with E-state index < -0.39 is 0 Å². The quantitative estimate of drug-likeness (QED) is 0.917. The van der Waals surface area contributed by atoms with Gasteiger partial charge in [0.1, 0.15) is 0 Å². The molecule has 2 nitrogen and oxygen atoms in total. The Morgan fingerprint density at radius 3 is 3.00 bits per heavy atom. The first-order valence-corrected chi connectivity index (χ1v) is 7.19. The van der Waals surface area contributed by atoms with Crippen molar-refractivity contribution in [2.24, 2.45) is 0 Å². The van der Waals surface area contributed by atoms with Crippen molar-refractivity contribution >= 4 is 21.6 Å². The molecule has 1 aromatic rings. The van der Waals surface area contributed by atoms with Crippen molar-refractivity contribution in [1.29, 1.82) is 0 Å². The lowest BCUT2D eigenvalue weighted by Crippen LogP contribution is -2.31. The van der Waals surface area contributed by atoms with Crippen molar-refractivity contribution in [1.82, 2.24) is 5.32 Å². The fourth-order valence-corrected chi connectivity index (χ4v) is 2.84. The third-order valence-corrected chi connectivity index (χ3v) is 4.47. The average molecular weight is 297 g/mol. The van der Waals surface area contributed by atoms with Crippen LogP contribution in [0.1, 0.15) is 24.8 Å². The van der Waals surface area contributed by atoms with Crippen molar-refractivity contribution in [3.8, 4) is 0 Å². The lowest BCUT2D eigenvalue weighted by Gasteiger charge is -2.27. The fraction of sp³-hybridized carbons (Fsp3) is 0.571. The minimum absolute atomic E-state index is 0.711. The van der Waals surface area contributed by atoms with E-state index in [4.69, 9.17) is 0 Å². The Bertz CT molecular complexity index is 378. The molecule has 17 heavy (non-hydrogen) atoms. The van der Waals surface area contributed by atoms with Gasteiger partial charge in [0.25, 0.3) is 0 Å². The molecule has 1 saturated heterocycles. The first-order chi connectivity index (χ1) is 8.22. The van der Waals surface area contributed by atoms with E-state index in [1.807, 2.05) is 7.05 Å². The molecule has 0 bridgehead atoms. The number of anilines is 1. The lowest BCUT2D eigenvalue weighted by molar-refractivity contribution is 0.585. The van der Waals surface area contributed by atoms with Crippen molar-refractivity contribution in [3.05, 3.63) is 28.2 Å². The van der Waals surface area contributed by atoms with Crippen molar-refractivity contribution < 1.29 is 0 Å². The van der Waals surface area contributed by atoms with Crippen molar-refractivity contribution in [2.75, 3.05) is 25.0 Å². The Kier molecular flexibility index (Phi) is 4.46. The molecule has 0 aromatic heterocycles. The van der Waals surface area contributed by atoms with E-state index in [2.05, 4.69) is 51.3 Å². The van der Waals surface area contributed by atoms with E-state index in [9.17, 15) is 0 Å². The summed E-state index contributed by atoms with van der Waals surface area (Å²) in [5, 5.41) is 3.25. The molecule has 3 heteroatoms. The highest BCUT2D eigenvalue weighted by Gasteiger charge is 2.24. The minimum Gasteiger partial charge on any atom is -0.368 e. The van der Waals surface area contributed by atoms with E-state index >= 15 is 0 Å². The van der Waals surface area contributed by atoms with Gasteiger partial charge in [-0.05, 0) is 63.5 Å². The predicted octanol–water partition coefficient (Wildman–Crippen LogP) is 3.34. The molecule has 2 rings (SSSR count). The molecule has 0 saturated carbocycles. The van der Waals surface area contributed by atoms with Gasteiger partial charge >= 0.3 is 0 Å². The van der Waals surface area contributed by atoms with Crippen LogP contribution in [-0.2, 0) is 0 Å². The van der Waals surface area contributed by atoms with Gasteiger partial charge in [-0.1, -0.05) is 15.9 Å². The monoisotopic (exact) mass is 296 g/mol. The Morgan fingerprint density at radius 2 is 2.29 bits per heavy atom. The molecular formula is C14H21BrN2. The standard InChI is InChI=1S/C14H21BrN2/c1-11-10-13(5-6-14(11)15)17-9-3-4-12(17)7-8-16-2/h5-6,10,12,16H,3-4,7-9H2,1-2H3. The summed E-state index contributed by atoms with van der Waals surface area (Å²) in [6.45, 7) is 4.47. The summed E-state index contributed by atoms with van der Waals surface area (Å²) >= 11 is 3.57. The number of rotatable bonds is 4. The number of halogens is 1. The van der Waals surface area contributed by atoms with E-state index in [0.717, 1.165) is 6.54 Å². The van der Waals surface area contributed by atoms with E-state index in [1.54, 1.807) is 0 Å². The predicted molar refractivity (Wildman–Crippen MR) is 77.8 cm³/mol. The molecule has 1 fully saturated rings. The van der Waals surface area contributed by atoms with Crippen molar-refractivity contribution in [3.63, 3.8) is 0 Å². The SMILES string of the molecule is CNCCC1CCCN1c1ccc(Br)c(C)c1. The van der Waals surface area contributed by atoms with Gasteiger partial charge in [-0.2, -0.15) is 0 Å². The minimum atomic E-state index is 0.711. The first kappa shape index (κ1) is 12.9. The molecule has 1 aliphatic heterocycles. The van der Waals surface area contributed by atoms with Crippen LogP contribution in [-0.4, -0.2) is 26.2 Å². The largest absolute Gasteiger partial charge is 0.368 e. The summed E-state index contributed by atoms with van der Waals surface area (Å²) in [5.74, 6) is 0. The summed E-state index contributed by atoms with van der Waals surface area (Å²) in [4.78, 5) is 2.57. The molecule has 1 atom stereocenters. The molecule has 1 heterocycles. The Balaban J connectivity index is 2.11. The maximum atomic E-state index is 3.57. The van der Waals surface area contributed by atoms with Gasteiger partial charge in [0.15, 0.2) is 0 Å². The molecular weight excluding hydrogens is 276 g/mol. The maximum absolute atomic E-state index is 3.57. The van der Waals surface area contributed by atoms with Crippen LogP contribution in [0.5, 0.6) is 0 Å². The number of nitrogens with zero attached hydrogens (tertiary/aromatic N) is 1. The van der Waals surface area contributed by atoms with Crippen LogP contribution < -0.4 is 10.2 Å². The lowest BCUT2D eigenvalue weighted by atomic mass is 10.1. The van der Waals surface area contributed by atoms with Crippen molar-refractivity contribution in [2.45, 2.75) is 32.2 Å². The van der Waals surface area contributed by atoms with Crippen LogP contribution in [0, 0.1) is 6.92 Å². The highest BCUT2D eigenvalue weighted by atomic mass is 79.9. The highest BCUT2D eigenvalue weighted by molar-refractivity contribution is 9.10. The number of aryl methyl sites for hydroxylation is 1. The average Bonchev–Trinajstić information content (AvgIpc) is 2.78. The second-order valence-corrected chi connectivity index (χ2v) is 5.67. The van der Waals surface area contributed by atoms with E-state index in [0.29, 0.717) is 6.04 Å². The first-order valence-electron chi connectivity index (χ1n) is 6.40. The van der Waals surface area contributed by atoms with Crippen LogP contribution in [0.25, 0.3) is 0 Å². The zero-order valence-electron chi connectivity index (χ0n) is 10.7. The molecule has 1 unspecified atom stereocenters. The third kappa shape index (κ3) is 3.02. The van der Waals surface area contributed by atoms with Gasteiger partial charge in [0.05, 0.1) is 0 Å². The Morgan fingerprint density at radius 1 is 1.47 bits per heavy atom. The number of nitrogens with one attached hydrogen (secondary N) is 1. The van der Waals surface area contributed by atoms with Gasteiger partial charge < -0.3 is 10.2 Å². The third-order valence-electron chi connectivity index (χ3n) is 3.58. The normalized spacial score (nSPS) is 19.9. The molecule has 1 aromatic carbocycles. The number of hydrogen-bond donors (Lipinski definition) is 1. The van der Waals surface area contributed by atoms with E-state index in [-0.39, 0.29) is 0 Å². The van der Waals surface area contributed by atoms with Gasteiger partial charge in [-0.15, -0.1) is 0 Å². The smallest absolute Gasteiger partial charge is 0.0372 e. The van der Waals surface area contributed by atoms with E-state index in [1.165, 1.54) is 41.5 Å². The second kappa shape index (κ2) is 5.87. The molecule has 94 valence electrons.